The van der Waals surface area contributed by atoms with Crippen LogP contribution in [0.25, 0.3) is 27.9 Å². The van der Waals surface area contributed by atoms with E-state index in [1.807, 2.05) is 51.1 Å². The number of amides is 1. The van der Waals surface area contributed by atoms with E-state index < -0.39 is 5.91 Å². The van der Waals surface area contributed by atoms with Crippen LogP contribution in [0.3, 0.4) is 0 Å². The van der Waals surface area contributed by atoms with Crippen molar-refractivity contribution >= 4 is 33.9 Å². The number of carbonyl (C=O) groups excluding carboxylic acids is 1. The predicted molar refractivity (Wildman–Crippen MR) is 110 cm³/mol. The minimum Gasteiger partial charge on any atom is -0.496 e. The van der Waals surface area contributed by atoms with Crippen molar-refractivity contribution in [3.05, 3.63) is 52.6 Å². The number of nitrogens with zero attached hydrogens (tertiary/aromatic N) is 3. The number of rotatable bonds is 3. The fourth-order valence-corrected chi connectivity index (χ4v) is 3.73. The number of methoxy groups -OCH3 is 1. The minimum atomic E-state index is -0.637. The van der Waals surface area contributed by atoms with Gasteiger partial charge in [-0.25, -0.2) is 9.97 Å². The van der Waals surface area contributed by atoms with Gasteiger partial charge in [0.2, 0.25) is 0 Å². The molecule has 1 amide bonds. The molecule has 4 N–H and O–H groups in total. The number of para-hydroxylation sites is 1. The molecule has 0 aliphatic heterocycles. The Morgan fingerprint density at radius 3 is 2.46 bits per heavy atom. The van der Waals surface area contributed by atoms with Crippen LogP contribution < -0.4 is 16.2 Å². The van der Waals surface area contributed by atoms with Crippen LogP contribution in [0.15, 0.2) is 30.3 Å². The number of carbonyl (C=O) groups is 1. The van der Waals surface area contributed by atoms with Gasteiger partial charge in [-0.3, -0.25) is 9.36 Å². The van der Waals surface area contributed by atoms with Crippen LogP contribution in [0, 0.1) is 20.8 Å². The molecule has 0 saturated carbocycles. The third-order valence-corrected chi connectivity index (χ3v) is 5.10. The molecule has 2 heterocycles. The lowest BCUT2D eigenvalue weighted by molar-refractivity contribution is 0.100. The number of ether oxygens (including phenoxy) is 1. The molecule has 0 aliphatic carbocycles. The summed E-state index contributed by atoms with van der Waals surface area (Å²) in [6.07, 6.45) is 0. The molecule has 7 heteroatoms. The van der Waals surface area contributed by atoms with Gasteiger partial charge in [-0.2, -0.15) is 0 Å². The number of hydrogen-bond acceptors (Lipinski definition) is 5. The summed E-state index contributed by atoms with van der Waals surface area (Å²) in [5.41, 5.74) is 18.2. The van der Waals surface area contributed by atoms with Crippen molar-refractivity contribution in [3.8, 4) is 11.4 Å². The monoisotopic (exact) mass is 375 g/mol. The number of anilines is 1. The molecule has 2 aromatic heterocycles. The molecule has 0 aliphatic rings. The number of aromatic nitrogens is 3. The largest absolute Gasteiger partial charge is 0.496 e. The van der Waals surface area contributed by atoms with Crippen LogP contribution in [0.2, 0.25) is 0 Å². The van der Waals surface area contributed by atoms with Crippen LogP contribution in [0.4, 0.5) is 5.82 Å². The Kier molecular flexibility index (Phi) is 3.96. The Morgan fingerprint density at radius 2 is 1.79 bits per heavy atom. The van der Waals surface area contributed by atoms with E-state index in [1.54, 1.807) is 11.7 Å². The van der Waals surface area contributed by atoms with Gasteiger partial charge in [0.05, 0.1) is 23.8 Å². The van der Waals surface area contributed by atoms with E-state index in [0.29, 0.717) is 22.4 Å². The molecule has 0 unspecified atom stereocenters. The lowest BCUT2D eigenvalue weighted by Crippen LogP contribution is -2.14. The van der Waals surface area contributed by atoms with Crippen molar-refractivity contribution in [2.75, 3.05) is 12.8 Å². The SMILES string of the molecule is COc1ccc(C)c(-n2c(N)c(C(N)=O)c3nc4c(C)cccc4nc32)c1C. The number of fused-ring (bicyclic) bond motifs is 2. The fourth-order valence-electron chi connectivity index (χ4n) is 3.73. The highest BCUT2D eigenvalue weighted by molar-refractivity contribution is 6.10. The molecule has 28 heavy (non-hydrogen) atoms. The van der Waals surface area contributed by atoms with Gasteiger partial charge in [0.25, 0.3) is 5.91 Å². The number of nitrogens with two attached hydrogens (primary N) is 2. The summed E-state index contributed by atoms with van der Waals surface area (Å²) in [4.78, 5) is 21.7. The van der Waals surface area contributed by atoms with Gasteiger partial charge in [0.15, 0.2) is 5.65 Å². The average molecular weight is 375 g/mol. The van der Waals surface area contributed by atoms with E-state index in [4.69, 9.17) is 26.2 Å². The first-order valence-corrected chi connectivity index (χ1v) is 8.86. The topological polar surface area (TPSA) is 109 Å². The third-order valence-electron chi connectivity index (χ3n) is 5.10. The summed E-state index contributed by atoms with van der Waals surface area (Å²) < 4.78 is 7.22. The normalized spacial score (nSPS) is 11.3. The number of hydrogen-bond donors (Lipinski definition) is 2. The second kappa shape index (κ2) is 6.23. The standard InChI is InChI=1S/C21H21N5O2/c1-10-6-5-7-13-16(10)25-17-15(20(23)27)19(22)26(21(17)24-13)18-11(2)8-9-14(28-4)12(18)3/h5-9H,22H2,1-4H3,(H2,23,27). The van der Waals surface area contributed by atoms with Crippen molar-refractivity contribution in [2.24, 2.45) is 5.73 Å². The Bertz CT molecular complexity index is 1270. The summed E-state index contributed by atoms with van der Waals surface area (Å²) in [6, 6.07) is 9.59. The van der Waals surface area contributed by atoms with Crippen LogP contribution in [-0.2, 0) is 0 Å². The van der Waals surface area contributed by atoms with Gasteiger partial charge in [-0.05, 0) is 44.0 Å². The van der Waals surface area contributed by atoms with Crippen molar-refractivity contribution in [1.29, 1.82) is 0 Å². The van der Waals surface area contributed by atoms with Crippen molar-refractivity contribution in [3.63, 3.8) is 0 Å². The maximum Gasteiger partial charge on any atom is 0.254 e. The van der Waals surface area contributed by atoms with Crippen LogP contribution in [-0.4, -0.2) is 27.6 Å². The van der Waals surface area contributed by atoms with E-state index in [0.717, 1.165) is 27.9 Å². The molecule has 0 fully saturated rings. The molecular weight excluding hydrogens is 354 g/mol. The molecule has 2 aromatic carbocycles. The maximum absolute atomic E-state index is 12.2. The van der Waals surface area contributed by atoms with E-state index in [-0.39, 0.29) is 11.4 Å². The van der Waals surface area contributed by atoms with Gasteiger partial charge in [0.1, 0.15) is 22.6 Å². The Labute approximate surface area is 161 Å². The molecule has 7 nitrogen and oxygen atoms in total. The van der Waals surface area contributed by atoms with E-state index in [9.17, 15) is 4.79 Å². The number of benzene rings is 2. The highest BCUT2D eigenvalue weighted by Crippen LogP contribution is 2.36. The molecule has 142 valence electrons. The molecule has 0 atom stereocenters. The summed E-state index contributed by atoms with van der Waals surface area (Å²) in [5, 5.41) is 0. The minimum absolute atomic E-state index is 0.175. The second-order valence-electron chi connectivity index (χ2n) is 6.86. The molecular formula is C21H21N5O2. The van der Waals surface area contributed by atoms with Gasteiger partial charge >= 0.3 is 0 Å². The highest BCUT2D eigenvalue weighted by atomic mass is 16.5. The highest BCUT2D eigenvalue weighted by Gasteiger charge is 2.25. The molecule has 4 aromatic rings. The zero-order valence-electron chi connectivity index (χ0n) is 16.2. The average Bonchev–Trinajstić information content (AvgIpc) is 2.92. The summed E-state index contributed by atoms with van der Waals surface area (Å²) >= 11 is 0. The molecule has 4 rings (SSSR count). The summed E-state index contributed by atoms with van der Waals surface area (Å²) in [6.45, 7) is 5.86. The zero-order chi connectivity index (χ0) is 20.2. The van der Waals surface area contributed by atoms with Crippen LogP contribution in [0.1, 0.15) is 27.0 Å². The van der Waals surface area contributed by atoms with Crippen LogP contribution in [0.5, 0.6) is 5.75 Å². The third kappa shape index (κ3) is 2.40. The van der Waals surface area contributed by atoms with Gasteiger partial charge in [0, 0.05) is 5.56 Å². The summed E-state index contributed by atoms with van der Waals surface area (Å²) in [5.74, 6) is 0.295. The number of primary amides is 1. The van der Waals surface area contributed by atoms with Gasteiger partial charge in [-0.1, -0.05) is 18.2 Å². The van der Waals surface area contributed by atoms with Gasteiger partial charge < -0.3 is 16.2 Å². The lowest BCUT2D eigenvalue weighted by atomic mass is 10.1. The van der Waals surface area contributed by atoms with Crippen molar-refractivity contribution in [1.82, 2.24) is 14.5 Å². The van der Waals surface area contributed by atoms with Crippen molar-refractivity contribution in [2.45, 2.75) is 20.8 Å². The fraction of sp³-hybridized carbons (Fsp3) is 0.190. The first-order chi connectivity index (χ1) is 13.3. The van der Waals surface area contributed by atoms with Crippen LogP contribution >= 0.6 is 0 Å². The zero-order valence-corrected chi connectivity index (χ0v) is 16.2. The van der Waals surface area contributed by atoms with E-state index in [1.165, 1.54) is 0 Å². The molecule has 0 radical (unpaired) electrons. The molecule has 0 bridgehead atoms. The molecule has 0 spiro atoms. The van der Waals surface area contributed by atoms with E-state index in [2.05, 4.69) is 0 Å². The van der Waals surface area contributed by atoms with Gasteiger partial charge in [-0.15, -0.1) is 0 Å². The quantitative estimate of drug-likeness (QED) is 0.571. The first-order valence-electron chi connectivity index (χ1n) is 8.86. The summed E-state index contributed by atoms with van der Waals surface area (Å²) in [7, 11) is 1.61. The van der Waals surface area contributed by atoms with Crippen molar-refractivity contribution < 1.29 is 9.53 Å². The smallest absolute Gasteiger partial charge is 0.254 e. The Hall–Kier alpha value is -3.61. The lowest BCUT2D eigenvalue weighted by Gasteiger charge is -2.16. The second-order valence-corrected chi connectivity index (χ2v) is 6.86. The Balaban J connectivity index is 2.22. The number of nitrogen functional groups attached to an aromatic ring is 1. The predicted octanol–water partition coefficient (Wildman–Crippen LogP) is 3.19. The number of aryl methyl sites for hydroxylation is 2. The first kappa shape index (κ1) is 17.8. The Morgan fingerprint density at radius 1 is 1.04 bits per heavy atom. The molecule has 0 saturated heterocycles. The maximum atomic E-state index is 12.2. The van der Waals surface area contributed by atoms with E-state index >= 15 is 0 Å².